The van der Waals surface area contributed by atoms with Crippen LogP contribution in [0.25, 0.3) is 0 Å². The van der Waals surface area contributed by atoms with Crippen LogP contribution in [0.5, 0.6) is 0 Å². The fourth-order valence-electron chi connectivity index (χ4n) is 1.24. The van der Waals surface area contributed by atoms with Gasteiger partial charge in [-0.3, -0.25) is 0 Å². The SMILES string of the molecule is c1ccc(N=Nc2ccccc2)cc1.c1csnn1. The summed E-state index contributed by atoms with van der Waals surface area (Å²) >= 11 is 1.35. The monoisotopic (exact) mass is 268 g/mol. The van der Waals surface area contributed by atoms with Crippen LogP contribution in [-0.4, -0.2) is 9.59 Å². The molecule has 0 aliphatic carbocycles. The van der Waals surface area contributed by atoms with Crippen LogP contribution >= 0.6 is 11.5 Å². The summed E-state index contributed by atoms with van der Waals surface area (Å²) in [6.07, 6.45) is 1.66. The van der Waals surface area contributed by atoms with Crippen LogP contribution in [0.2, 0.25) is 0 Å². The zero-order chi connectivity index (χ0) is 13.2. The molecule has 4 nitrogen and oxygen atoms in total. The summed E-state index contributed by atoms with van der Waals surface area (Å²) in [5.41, 5.74) is 1.74. The quantitative estimate of drug-likeness (QED) is 0.636. The molecule has 2 aromatic carbocycles. The van der Waals surface area contributed by atoms with Gasteiger partial charge in [0.05, 0.1) is 17.6 Å². The highest BCUT2D eigenvalue weighted by atomic mass is 32.1. The topological polar surface area (TPSA) is 50.5 Å². The lowest BCUT2D eigenvalue weighted by Crippen LogP contribution is -1.62. The fraction of sp³-hybridized carbons (Fsp3) is 0. The van der Waals surface area contributed by atoms with Crippen molar-refractivity contribution in [2.24, 2.45) is 10.2 Å². The van der Waals surface area contributed by atoms with Gasteiger partial charge in [0.15, 0.2) is 0 Å². The molecule has 0 bridgehead atoms. The highest BCUT2D eigenvalue weighted by Crippen LogP contribution is 2.16. The Morgan fingerprint density at radius 3 is 1.58 bits per heavy atom. The number of azo groups is 1. The predicted molar refractivity (Wildman–Crippen MR) is 77.0 cm³/mol. The zero-order valence-corrected chi connectivity index (χ0v) is 10.9. The maximum Gasteiger partial charge on any atom is 0.0857 e. The Kier molecular flexibility index (Phi) is 5.38. The summed E-state index contributed by atoms with van der Waals surface area (Å²) in [5, 5.41) is 13.5. The average molecular weight is 268 g/mol. The molecule has 5 heteroatoms. The molecule has 1 heterocycles. The summed E-state index contributed by atoms with van der Waals surface area (Å²) in [5.74, 6) is 0. The lowest BCUT2D eigenvalue weighted by atomic mass is 10.3. The summed E-state index contributed by atoms with van der Waals surface area (Å²) in [6.45, 7) is 0. The number of hydrogen-bond acceptors (Lipinski definition) is 5. The molecule has 0 unspecified atom stereocenters. The molecule has 0 aliphatic rings. The van der Waals surface area contributed by atoms with Crippen molar-refractivity contribution in [1.82, 2.24) is 9.59 Å². The average Bonchev–Trinajstić information content (AvgIpc) is 3.07. The smallest absolute Gasteiger partial charge is 0.0857 e. The van der Waals surface area contributed by atoms with Crippen molar-refractivity contribution in [1.29, 1.82) is 0 Å². The second-order valence-electron chi connectivity index (χ2n) is 3.46. The molecule has 0 saturated carbocycles. The molecule has 0 radical (unpaired) electrons. The largest absolute Gasteiger partial charge is 0.151 e. The molecule has 19 heavy (non-hydrogen) atoms. The van der Waals surface area contributed by atoms with E-state index in [4.69, 9.17) is 0 Å². The maximum absolute atomic E-state index is 4.10. The molecule has 0 aliphatic heterocycles. The van der Waals surface area contributed by atoms with E-state index in [9.17, 15) is 0 Å². The van der Waals surface area contributed by atoms with Crippen molar-refractivity contribution in [3.63, 3.8) is 0 Å². The van der Waals surface area contributed by atoms with E-state index in [0.717, 1.165) is 11.4 Å². The minimum atomic E-state index is 0.872. The van der Waals surface area contributed by atoms with Gasteiger partial charge >= 0.3 is 0 Å². The normalized spacial score (nSPS) is 9.89. The van der Waals surface area contributed by atoms with Crippen LogP contribution in [0.4, 0.5) is 11.4 Å². The predicted octanol–water partition coefficient (Wildman–Crippen LogP) is 4.64. The van der Waals surface area contributed by atoms with E-state index >= 15 is 0 Å². The van der Waals surface area contributed by atoms with Gasteiger partial charge in [0, 0.05) is 5.38 Å². The van der Waals surface area contributed by atoms with E-state index in [-0.39, 0.29) is 0 Å². The highest BCUT2D eigenvalue weighted by molar-refractivity contribution is 7.03. The summed E-state index contributed by atoms with van der Waals surface area (Å²) in [6, 6.07) is 19.4. The van der Waals surface area contributed by atoms with E-state index < -0.39 is 0 Å². The number of hydrogen-bond donors (Lipinski definition) is 0. The molecule has 3 rings (SSSR count). The van der Waals surface area contributed by atoms with Crippen LogP contribution in [0.15, 0.2) is 82.5 Å². The zero-order valence-electron chi connectivity index (χ0n) is 10.1. The fourth-order valence-corrected chi connectivity index (χ4v) is 1.51. The third-order valence-electron chi connectivity index (χ3n) is 2.08. The first-order valence-corrected chi connectivity index (χ1v) is 6.51. The molecule has 1 aromatic heterocycles. The second kappa shape index (κ2) is 7.84. The number of aromatic nitrogens is 2. The van der Waals surface area contributed by atoms with Crippen molar-refractivity contribution in [2.75, 3.05) is 0 Å². The third-order valence-corrected chi connectivity index (χ3v) is 2.51. The molecule has 0 fully saturated rings. The molecular formula is C14H12N4S. The van der Waals surface area contributed by atoms with Gasteiger partial charge in [-0.05, 0) is 35.8 Å². The van der Waals surface area contributed by atoms with Gasteiger partial charge in [-0.1, -0.05) is 40.9 Å². The van der Waals surface area contributed by atoms with E-state index in [1.165, 1.54) is 11.5 Å². The Bertz CT molecular complexity index is 521. The molecule has 0 amide bonds. The first-order chi connectivity index (χ1) is 9.45. The number of nitrogens with zero attached hydrogens (tertiary/aromatic N) is 4. The van der Waals surface area contributed by atoms with Crippen molar-refractivity contribution in [3.05, 3.63) is 72.2 Å². The van der Waals surface area contributed by atoms with Crippen LogP contribution in [-0.2, 0) is 0 Å². The van der Waals surface area contributed by atoms with Crippen molar-refractivity contribution in [2.45, 2.75) is 0 Å². The molecular weight excluding hydrogens is 256 g/mol. The highest BCUT2D eigenvalue weighted by Gasteiger charge is 1.86. The lowest BCUT2D eigenvalue weighted by Gasteiger charge is -1.91. The van der Waals surface area contributed by atoms with Crippen molar-refractivity contribution >= 4 is 22.9 Å². The van der Waals surface area contributed by atoms with Gasteiger partial charge in [0.1, 0.15) is 0 Å². The Morgan fingerprint density at radius 2 is 1.26 bits per heavy atom. The summed E-state index contributed by atoms with van der Waals surface area (Å²) in [4.78, 5) is 0. The van der Waals surface area contributed by atoms with Gasteiger partial charge in [0.2, 0.25) is 0 Å². The van der Waals surface area contributed by atoms with Gasteiger partial charge in [-0.2, -0.15) is 10.2 Å². The lowest BCUT2D eigenvalue weighted by molar-refractivity contribution is 1.16. The van der Waals surface area contributed by atoms with Gasteiger partial charge in [0.25, 0.3) is 0 Å². The minimum absolute atomic E-state index is 0.872. The van der Waals surface area contributed by atoms with Crippen LogP contribution in [0.1, 0.15) is 0 Å². The van der Waals surface area contributed by atoms with Crippen molar-refractivity contribution < 1.29 is 0 Å². The molecule has 0 atom stereocenters. The third kappa shape index (κ3) is 5.18. The molecule has 3 aromatic rings. The molecule has 94 valence electrons. The number of benzene rings is 2. The second-order valence-corrected chi connectivity index (χ2v) is 4.11. The first kappa shape index (κ1) is 13.0. The van der Waals surface area contributed by atoms with Crippen LogP contribution < -0.4 is 0 Å². The number of rotatable bonds is 2. The minimum Gasteiger partial charge on any atom is -0.151 e. The van der Waals surface area contributed by atoms with E-state index in [1.54, 1.807) is 6.20 Å². The maximum atomic E-state index is 4.10. The van der Waals surface area contributed by atoms with Gasteiger partial charge < -0.3 is 0 Å². The molecule has 0 spiro atoms. The van der Waals surface area contributed by atoms with E-state index in [2.05, 4.69) is 19.8 Å². The first-order valence-electron chi connectivity index (χ1n) is 5.68. The molecule has 0 N–H and O–H groups in total. The van der Waals surface area contributed by atoms with Crippen molar-refractivity contribution in [3.8, 4) is 0 Å². The Labute approximate surface area is 115 Å². The standard InChI is InChI=1S/C12H10N2.C2H2N2S/c1-3-7-11(8-4-1)13-14-12-9-5-2-6-10-12;1-2-5-4-3-1/h1-10H;1-2H. The Morgan fingerprint density at radius 1 is 0.737 bits per heavy atom. The van der Waals surface area contributed by atoms with Gasteiger partial charge in [-0.25, -0.2) is 0 Å². The van der Waals surface area contributed by atoms with Crippen LogP contribution in [0.3, 0.4) is 0 Å². The summed E-state index contributed by atoms with van der Waals surface area (Å²) in [7, 11) is 0. The molecule has 0 saturated heterocycles. The van der Waals surface area contributed by atoms with E-state index in [0.29, 0.717) is 0 Å². The Hall–Kier alpha value is -2.40. The van der Waals surface area contributed by atoms with E-state index in [1.807, 2.05) is 66.0 Å². The van der Waals surface area contributed by atoms with Gasteiger partial charge in [-0.15, -0.1) is 5.10 Å². The van der Waals surface area contributed by atoms with Crippen LogP contribution in [0, 0.1) is 0 Å². The summed E-state index contributed by atoms with van der Waals surface area (Å²) < 4.78 is 3.51. The Balaban J connectivity index is 0.000000224.